The van der Waals surface area contributed by atoms with Crippen LogP contribution in [0.4, 0.5) is 0 Å². The summed E-state index contributed by atoms with van der Waals surface area (Å²) < 4.78 is 15.2. The SMILES string of the molecule is CO[Si](C)(CCCCC1CC(=O)OC1=O)OC. The second-order valence-corrected chi connectivity index (χ2v) is 8.07. The zero-order valence-electron chi connectivity index (χ0n) is 10.7. The average molecular weight is 260 g/mol. The van der Waals surface area contributed by atoms with Crippen molar-refractivity contribution in [3.63, 3.8) is 0 Å². The molecule has 0 N–H and O–H groups in total. The maximum absolute atomic E-state index is 11.2. The number of ether oxygens (including phenoxy) is 1. The third-order valence-electron chi connectivity index (χ3n) is 3.26. The van der Waals surface area contributed by atoms with Gasteiger partial charge in [-0.05, 0) is 19.0 Å². The number of hydrogen-bond donors (Lipinski definition) is 0. The summed E-state index contributed by atoms with van der Waals surface area (Å²) >= 11 is 0. The number of rotatable bonds is 7. The van der Waals surface area contributed by atoms with Gasteiger partial charge in [-0.25, -0.2) is 0 Å². The van der Waals surface area contributed by atoms with Crippen LogP contribution in [0.1, 0.15) is 25.7 Å². The van der Waals surface area contributed by atoms with Crippen molar-refractivity contribution in [1.82, 2.24) is 0 Å². The molecule has 6 heteroatoms. The highest BCUT2D eigenvalue weighted by Crippen LogP contribution is 2.23. The van der Waals surface area contributed by atoms with Gasteiger partial charge < -0.3 is 13.6 Å². The molecule has 0 aromatic rings. The van der Waals surface area contributed by atoms with Gasteiger partial charge in [0.05, 0.1) is 12.3 Å². The molecule has 1 aliphatic rings. The quantitative estimate of drug-likeness (QED) is 0.301. The van der Waals surface area contributed by atoms with E-state index in [2.05, 4.69) is 4.74 Å². The number of carbonyl (C=O) groups excluding carboxylic acids is 2. The summed E-state index contributed by atoms with van der Waals surface area (Å²) in [6.45, 7) is 2.01. The van der Waals surface area contributed by atoms with E-state index in [1.807, 2.05) is 6.55 Å². The Morgan fingerprint density at radius 3 is 2.41 bits per heavy atom. The van der Waals surface area contributed by atoms with Gasteiger partial charge in [-0.1, -0.05) is 12.8 Å². The Hall–Kier alpha value is -0.723. The van der Waals surface area contributed by atoms with Crippen LogP contribution in [-0.4, -0.2) is 34.7 Å². The van der Waals surface area contributed by atoms with Crippen molar-refractivity contribution in [3.8, 4) is 0 Å². The lowest BCUT2D eigenvalue weighted by molar-refractivity contribution is -0.153. The van der Waals surface area contributed by atoms with Crippen molar-refractivity contribution in [2.45, 2.75) is 38.3 Å². The van der Waals surface area contributed by atoms with Crippen LogP contribution in [0.15, 0.2) is 0 Å². The van der Waals surface area contributed by atoms with Gasteiger partial charge in [0.15, 0.2) is 0 Å². The fourth-order valence-electron chi connectivity index (χ4n) is 1.87. The Morgan fingerprint density at radius 2 is 1.94 bits per heavy atom. The molecular weight excluding hydrogens is 240 g/mol. The second-order valence-electron chi connectivity index (χ2n) is 4.48. The van der Waals surface area contributed by atoms with Crippen molar-refractivity contribution >= 4 is 20.5 Å². The summed E-state index contributed by atoms with van der Waals surface area (Å²) in [5.41, 5.74) is 0. The van der Waals surface area contributed by atoms with E-state index in [0.717, 1.165) is 18.9 Å². The molecule has 0 spiro atoms. The minimum absolute atomic E-state index is 0.236. The molecule has 1 unspecified atom stereocenters. The molecule has 0 aromatic carbocycles. The smallest absolute Gasteiger partial charge is 0.334 e. The molecule has 0 radical (unpaired) electrons. The van der Waals surface area contributed by atoms with E-state index in [4.69, 9.17) is 8.85 Å². The molecule has 1 saturated heterocycles. The first-order chi connectivity index (χ1) is 8.00. The topological polar surface area (TPSA) is 61.8 Å². The van der Waals surface area contributed by atoms with E-state index in [1.165, 1.54) is 0 Å². The molecule has 0 saturated carbocycles. The van der Waals surface area contributed by atoms with Gasteiger partial charge in [-0.3, -0.25) is 9.59 Å². The molecular formula is C11H20O5Si. The van der Waals surface area contributed by atoms with Crippen LogP contribution in [0.3, 0.4) is 0 Å². The van der Waals surface area contributed by atoms with Crippen molar-refractivity contribution in [2.24, 2.45) is 5.92 Å². The molecule has 1 aliphatic heterocycles. The average Bonchev–Trinajstić information content (AvgIpc) is 2.63. The highest BCUT2D eigenvalue weighted by Gasteiger charge is 2.33. The van der Waals surface area contributed by atoms with E-state index >= 15 is 0 Å². The number of esters is 2. The van der Waals surface area contributed by atoms with Gasteiger partial charge in [0.1, 0.15) is 0 Å². The van der Waals surface area contributed by atoms with E-state index in [1.54, 1.807) is 14.2 Å². The summed E-state index contributed by atoms with van der Waals surface area (Å²) in [6, 6.07) is 0.899. The standard InChI is InChI=1S/C11H20O5Si/c1-14-17(3,15-2)7-5-4-6-9-8-10(12)16-11(9)13/h9H,4-8H2,1-3H3. The Bertz CT molecular complexity index is 288. The lowest BCUT2D eigenvalue weighted by atomic mass is 10.0. The Balaban J connectivity index is 2.20. The molecule has 17 heavy (non-hydrogen) atoms. The normalized spacial score (nSPS) is 20.8. The Kier molecular flexibility index (Phi) is 5.29. The van der Waals surface area contributed by atoms with E-state index in [-0.39, 0.29) is 18.3 Å². The predicted octanol–water partition coefficient (Wildman–Crippen LogP) is 1.61. The van der Waals surface area contributed by atoms with E-state index in [9.17, 15) is 9.59 Å². The van der Waals surface area contributed by atoms with Crippen molar-refractivity contribution in [3.05, 3.63) is 0 Å². The fourth-order valence-corrected chi connectivity index (χ4v) is 3.33. The minimum atomic E-state index is -1.99. The molecule has 0 aromatic heterocycles. The van der Waals surface area contributed by atoms with Gasteiger partial charge in [0, 0.05) is 14.2 Å². The summed E-state index contributed by atoms with van der Waals surface area (Å²) in [7, 11) is 1.35. The van der Waals surface area contributed by atoms with Crippen molar-refractivity contribution < 1.29 is 23.2 Å². The van der Waals surface area contributed by atoms with Crippen LogP contribution in [0.2, 0.25) is 12.6 Å². The van der Waals surface area contributed by atoms with Crippen molar-refractivity contribution in [1.29, 1.82) is 0 Å². The zero-order chi connectivity index (χ0) is 12.9. The van der Waals surface area contributed by atoms with E-state index < -0.39 is 14.5 Å². The molecule has 1 atom stereocenters. The number of unbranched alkanes of at least 4 members (excludes halogenated alkanes) is 1. The van der Waals surface area contributed by atoms with Crippen LogP contribution in [0.25, 0.3) is 0 Å². The Morgan fingerprint density at radius 1 is 1.29 bits per heavy atom. The molecule has 1 fully saturated rings. The van der Waals surface area contributed by atoms with Gasteiger partial charge in [0.2, 0.25) is 0 Å². The molecule has 0 aliphatic carbocycles. The molecule has 5 nitrogen and oxygen atoms in total. The molecule has 1 rings (SSSR count). The summed E-state index contributed by atoms with van der Waals surface area (Å²) in [5.74, 6) is -0.998. The first kappa shape index (κ1) is 14.3. The lowest BCUT2D eigenvalue weighted by Gasteiger charge is -2.22. The largest absolute Gasteiger partial charge is 0.398 e. The van der Waals surface area contributed by atoms with Crippen LogP contribution in [0, 0.1) is 5.92 Å². The first-order valence-electron chi connectivity index (χ1n) is 5.85. The minimum Gasteiger partial charge on any atom is -0.398 e. The summed E-state index contributed by atoms with van der Waals surface area (Å²) in [6.07, 6.45) is 2.79. The van der Waals surface area contributed by atoms with Crippen molar-refractivity contribution in [2.75, 3.05) is 14.2 Å². The van der Waals surface area contributed by atoms with Gasteiger partial charge in [-0.2, -0.15) is 0 Å². The van der Waals surface area contributed by atoms with Crippen LogP contribution in [-0.2, 0) is 23.2 Å². The van der Waals surface area contributed by atoms with Gasteiger partial charge >= 0.3 is 20.5 Å². The van der Waals surface area contributed by atoms with Gasteiger partial charge in [-0.15, -0.1) is 0 Å². The van der Waals surface area contributed by atoms with Crippen LogP contribution >= 0.6 is 0 Å². The van der Waals surface area contributed by atoms with Crippen LogP contribution < -0.4 is 0 Å². The second kappa shape index (κ2) is 6.27. The number of cyclic esters (lactones) is 2. The third-order valence-corrected chi connectivity index (χ3v) is 6.25. The molecule has 0 bridgehead atoms. The maximum Gasteiger partial charge on any atom is 0.334 e. The highest BCUT2D eigenvalue weighted by molar-refractivity contribution is 6.65. The monoisotopic (exact) mass is 260 g/mol. The molecule has 98 valence electrons. The molecule has 1 heterocycles. The number of carbonyl (C=O) groups is 2. The highest BCUT2D eigenvalue weighted by atomic mass is 28.4. The Labute approximate surface area is 103 Å². The lowest BCUT2D eigenvalue weighted by Crippen LogP contribution is -2.35. The maximum atomic E-state index is 11.2. The van der Waals surface area contributed by atoms with Crippen LogP contribution in [0.5, 0.6) is 0 Å². The summed E-state index contributed by atoms with van der Waals surface area (Å²) in [4.78, 5) is 22.1. The molecule has 0 amide bonds. The predicted molar refractivity (Wildman–Crippen MR) is 63.5 cm³/mol. The summed E-state index contributed by atoms with van der Waals surface area (Å²) in [5, 5.41) is 0. The first-order valence-corrected chi connectivity index (χ1v) is 8.38. The number of hydrogen-bond acceptors (Lipinski definition) is 5. The third kappa shape index (κ3) is 4.21. The van der Waals surface area contributed by atoms with E-state index in [0.29, 0.717) is 6.42 Å². The van der Waals surface area contributed by atoms with Gasteiger partial charge in [0.25, 0.3) is 0 Å². The zero-order valence-corrected chi connectivity index (χ0v) is 11.7. The fraction of sp³-hybridized carbons (Fsp3) is 0.818.